The maximum Gasteiger partial charge on any atom is 0.243 e. The Kier molecular flexibility index (Phi) is 5.62. The van der Waals surface area contributed by atoms with Gasteiger partial charge in [-0.05, 0) is 18.1 Å². The van der Waals surface area contributed by atoms with Crippen LogP contribution in [0.15, 0.2) is 47.4 Å². The molecular formula is C21H23N5O4. The van der Waals surface area contributed by atoms with E-state index < -0.39 is 12.1 Å². The number of hydrogen-bond acceptors (Lipinski definition) is 6. The maximum absolute atomic E-state index is 12.7. The SMILES string of the molecule is Cc1cc(CC(=O)N2C[C@H](O)C[C@H]2C(=O)NCc2ccc(-c3cnc[nH]3)cc2)on1. The normalized spacial score (nSPS) is 18.5. The zero-order valence-corrected chi connectivity index (χ0v) is 16.5. The molecule has 0 radical (unpaired) electrons. The summed E-state index contributed by atoms with van der Waals surface area (Å²) in [5.74, 6) is -0.117. The lowest BCUT2D eigenvalue weighted by molar-refractivity contribution is -0.138. The molecule has 1 aromatic carbocycles. The van der Waals surface area contributed by atoms with Crippen LogP contribution in [-0.2, 0) is 22.6 Å². The lowest BCUT2D eigenvalue weighted by Gasteiger charge is -2.23. The smallest absolute Gasteiger partial charge is 0.243 e. The van der Waals surface area contributed by atoms with Crippen molar-refractivity contribution in [1.29, 1.82) is 0 Å². The van der Waals surface area contributed by atoms with Crippen molar-refractivity contribution >= 4 is 11.8 Å². The van der Waals surface area contributed by atoms with Gasteiger partial charge < -0.3 is 24.8 Å². The number of hydrogen-bond donors (Lipinski definition) is 3. The number of imidazole rings is 1. The second kappa shape index (κ2) is 8.50. The van der Waals surface area contributed by atoms with E-state index in [1.165, 1.54) is 4.90 Å². The lowest BCUT2D eigenvalue weighted by Crippen LogP contribution is -2.46. The van der Waals surface area contributed by atoms with Crippen LogP contribution in [0.4, 0.5) is 0 Å². The van der Waals surface area contributed by atoms with Crippen LogP contribution < -0.4 is 5.32 Å². The molecule has 0 unspecified atom stereocenters. The number of nitrogens with one attached hydrogen (secondary N) is 2. The van der Waals surface area contributed by atoms with E-state index in [1.54, 1.807) is 25.5 Å². The van der Waals surface area contributed by atoms with Gasteiger partial charge in [-0.1, -0.05) is 29.4 Å². The van der Waals surface area contributed by atoms with E-state index in [0.29, 0.717) is 18.0 Å². The summed E-state index contributed by atoms with van der Waals surface area (Å²) in [6, 6.07) is 8.73. The Morgan fingerprint density at radius 1 is 1.33 bits per heavy atom. The molecule has 1 fully saturated rings. The van der Waals surface area contributed by atoms with Crippen LogP contribution in [0.5, 0.6) is 0 Å². The number of β-amino-alcohol motifs (C(OH)–C–C–N with tert-alkyl or cyclic N) is 1. The number of carbonyl (C=O) groups is 2. The molecule has 1 saturated heterocycles. The molecule has 2 amide bonds. The summed E-state index contributed by atoms with van der Waals surface area (Å²) >= 11 is 0. The monoisotopic (exact) mass is 409 g/mol. The molecule has 156 valence electrons. The Labute approximate surface area is 173 Å². The van der Waals surface area contributed by atoms with E-state index in [1.807, 2.05) is 24.3 Å². The Bertz CT molecular complexity index is 1010. The molecular weight excluding hydrogens is 386 g/mol. The van der Waals surface area contributed by atoms with Crippen molar-refractivity contribution in [3.05, 3.63) is 59.9 Å². The minimum atomic E-state index is -0.727. The highest BCUT2D eigenvalue weighted by atomic mass is 16.5. The first kappa shape index (κ1) is 19.8. The molecule has 9 nitrogen and oxygen atoms in total. The highest BCUT2D eigenvalue weighted by Crippen LogP contribution is 2.21. The summed E-state index contributed by atoms with van der Waals surface area (Å²) in [5, 5.41) is 16.7. The van der Waals surface area contributed by atoms with Crippen LogP contribution in [0.1, 0.15) is 23.4 Å². The number of carbonyl (C=O) groups excluding carboxylic acids is 2. The number of aliphatic hydroxyl groups excluding tert-OH is 1. The molecule has 2 atom stereocenters. The van der Waals surface area contributed by atoms with E-state index >= 15 is 0 Å². The van der Waals surface area contributed by atoms with Crippen molar-refractivity contribution in [1.82, 2.24) is 25.3 Å². The predicted molar refractivity (Wildman–Crippen MR) is 107 cm³/mol. The second-order valence-electron chi connectivity index (χ2n) is 7.44. The van der Waals surface area contributed by atoms with Gasteiger partial charge in [0.15, 0.2) is 0 Å². The fourth-order valence-corrected chi connectivity index (χ4v) is 3.61. The third-order valence-corrected chi connectivity index (χ3v) is 5.13. The van der Waals surface area contributed by atoms with Gasteiger partial charge in [0.25, 0.3) is 0 Å². The first-order valence-corrected chi connectivity index (χ1v) is 9.74. The zero-order valence-electron chi connectivity index (χ0n) is 16.5. The largest absolute Gasteiger partial charge is 0.391 e. The van der Waals surface area contributed by atoms with E-state index in [4.69, 9.17) is 4.52 Å². The van der Waals surface area contributed by atoms with Gasteiger partial charge >= 0.3 is 0 Å². The summed E-state index contributed by atoms with van der Waals surface area (Å²) in [7, 11) is 0. The minimum Gasteiger partial charge on any atom is -0.391 e. The van der Waals surface area contributed by atoms with Gasteiger partial charge in [0.2, 0.25) is 11.8 Å². The van der Waals surface area contributed by atoms with E-state index in [2.05, 4.69) is 20.4 Å². The summed E-state index contributed by atoms with van der Waals surface area (Å²) in [6.07, 6.45) is 2.86. The molecule has 3 aromatic rings. The summed E-state index contributed by atoms with van der Waals surface area (Å²) in [4.78, 5) is 33.8. The van der Waals surface area contributed by atoms with Crippen LogP contribution in [-0.4, -0.2) is 55.6 Å². The van der Waals surface area contributed by atoms with Gasteiger partial charge in [0.05, 0.1) is 36.4 Å². The van der Waals surface area contributed by atoms with Gasteiger partial charge in [0.1, 0.15) is 11.8 Å². The van der Waals surface area contributed by atoms with Gasteiger partial charge in [-0.2, -0.15) is 0 Å². The van der Waals surface area contributed by atoms with Crippen LogP contribution in [0.3, 0.4) is 0 Å². The average Bonchev–Trinajstić information content (AvgIpc) is 3.48. The molecule has 1 aliphatic heterocycles. The van der Waals surface area contributed by atoms with E-state index in [-0.39, 0.29) is 31.2 Å². The molecule has 0 aliphatic carbocycles. The number of aromatic nitrogens is 3. The fraction of sp³-hybridized carbons (Fsp3) is 0.333. The maximum atomic E-state index is 12.7. The van der Waals surface area contributed by atoms with Crippen LogP contribution >= 0.6 is 0 Å². The third kappa shape index (κ3) is 4.41. The van der Waals surface area contributed by atoms with Gasteiger partial charge in [-0.15, -0.1) is 0 Å². The Balaban J connectivity index is 1.36. The minimum absolute atomic E-state index is 0.00635. The lowest BCUT2D eigenvalue weighted by atomic mass is 10.1. The summed E-state index contributed by atoms with van der Waals surface area (Å²) in [6.45, 7) is 2.23. The molecule has 2 aromatic heterocycles. The quantitative estimate of drug-likeness (QED) is 0.562. The van der Waals surface area contributed by atoms with Gasteiger partial charge in [-0.25, -0.2) is 4.98 Å². The number of aromatic amines is 1. The van der Waals surface area contributed by atoms with Crippen LogP contribution in [0.2, 0.25) is 0 Å². The van der Waals surface area contributed by atoms with Crippen molar-refractivity contribution in [2.24, 2.45) is 0 Å². The zero-order chi connectivity index (χ0) is 21.1. The van der Waals surface area contributed by atoms with Crippen LogP contribution in [0, 0.1) is 6.92 Å². The second-order valence-corrected chi connectivity index (χ2v) is 7.44. The first-order chi connectivity index (χ1) is 14.5. The predicted octanol–water partition coefficient (Wildman–Crippen LogP) is 1.19. The molecule has 30 heavy (non-hydrogen) atoms. The molecule has 0 saturated carbocycles. The first-order valence-electron chi connectivity index (χ1n) is 9.74. The molecule has 0 spiro atoms. The van der Waals surface area contributed by atoms with Crippen molar-refractivity contribution in [2.75, 3.05) is 6.54 Å². The number of likely N-dealkylation sites (tertiary alicyclic amines) is 1. The van der Waals surface area contributed by atoms with E-state index in [9.17, 15) is 14.7 Å². The Hall–Kier alpha value is -3.46. The number of benzene rings is 1. The standard InChI is InChI=1S/C21H23N5O4/c1-13-6-17(30-25-13)8-20(28)26-11-16(27)7-19(26)21(29)23-9-14-2-4-15(5-3-14)18-10-22-12-24-18/h2-6,10,12,16,19,27H,7-9,11H2,1H3,(H,22,24)(H,23,29)/t16-,19+/m1/s1. The number of aliphatic hydroxyl groups is 1. The van der Waals surface area contributed by atoms with Crippen LogP contribution in [0.25, 0.3) is 11.3 Å². The fourth-order valence-electron chi connectivity index (χ4n) is 3.61. The average molecular weight is 409 g/mol. The highest BCUT2D eigenvalue weighted by Gasteiger charge is 2.38. The molecule has 3 N–H and O–H groups in total. The molecule has 1 aliphatic rings. The van der Waals surface area contributed by atoms with Crippen molar-refractivity contribution in [2.45, 2.75) is 38.5 Å². The Morgan fingerprint density at radius 2 is 2.13 bits per heavy atom. The van der Waals surface area contributed by atoms with Crippen molar-refractivity contribution in [3.8, 4) is 11.3 Å². The van der Waals surface area contributed by atoms with E-state index in [0.717, 1.165) is 16.8 Å². The highest BCUT2D eigenvalue weighted by molar-refractivity contribution is 5.89. The van der Waals surface area contributed by atoms with Gasteiger partial charge in [-0.3, -0.25) is 9.59 Å². The summed E-state index contributed by atoms with van der Waals surface area (Å²) in [5.41, 5.74) is 3.54. The van der Waals surface area contributed by atoms with Crippen molar-refractivity contribution < 1.29 is 19.2 Å². The number of rotatable bonds is 6. The molecule has 0 bridgehead atoms. The molecule has 3 heterocycles. The van der Waals surface area contributed by atoms with Crippen molar-refractivity contribution in [3.63, 3.8) is 0 Å². The summed E-state index contributed by atoms with van der Waals surface area (Å²) < 4.78 is 5.09. The topological polar surface area (TPSA) is 124 Å². The number of H-pyrrole nitrogens is 1. The van der Waals surface area contributed by atoms with Gasteiger partial charge in [0, 0.05) is 25.6 Å². The third-order valence-electron chi connectivity index (χ3n) is 5.13. The number of aryl methyl sites for hydroxylation is 1. The number of nitrogens with zero attached hydrogens (tertiary/aromatic N) is 3. The molecule has 4 rings (SSSR count). The molecule has 9 heteroatoms. The number of amides is 2. The Morgan fingerprint density at radius 3 is 2.80 bits per heavy atom.